The van der Waals surface area contributed by atoms with E-state index in [1.54, 1.807) is 12.1 Å². The Bertz CT molecular complexity index is 1310. The van der Waals surface area contributed by atoms with Crippen LogP contribution in [0.4, 0.5) is 0 Å². The van der Waals surface area contributed by atoms with Crippen LogP contribution in [-0.4, -0.2) is 28.9 Å². The van der Waals surface area contributed by atoms with Crippen molar-refractivity contribution in [3.63, 3.8) is 0 Å². The summed E-state index contributed by atoms with van der Waals surface area (Å²) in [5.74, 6) is 2.48. The van der Waals surface area contributed by atoms with Gasteiger partial charge in [-0.15, -0.1) is 0 Å². The van der Waals surface area contributed by atoms with Gasteiger partial charge in [0.1, 0.15) is 29.6 Å². The molecule has 4 nitrogen and oxygen atoms in total. The zero-order valence-electron chi connectivity index (χ0n) is 27.2. The molecule has 0 saturated carbocycles. The van der Waals surface area contributed by atoms with E-state index in [0.29, 0.717) is 12.5 Å². The molecule has 0 spiro atoms. The quantitative estimate of drug-likeness (QED) is 0.258. The lowest BCUT2D eigenvalue weighted by Crippen LogP contribution is -2.39. The van der Waals surface area contributed by atoms with Gasteiger partial charge in [0.25, 0.3) is 0 Å². The van der Waals surface area contributed by atoms with Gasteiger partial charge in [0, 0.05) is 24.2 Å². The summed E-state index contributed by atoms with van der Waals surface area (Å²) in [6, 6.07) is 7.53. The number of benzene rings is 2. The highest BCUT2D eigenvalue weighted by atomic mass is 16.5. The Labute approximate surface area is 255 Å². The molecular formula is C38H53NO3. The standard InChI is InChI=1S/C38H53NO3/c1-27(2)11-8-12-28(3)13-9-14-29(4)15-10-22-38(7)23-20-34-35-25-39(24-21-32-16-18-33(40)19-17-32)26-41-36(35)30(5)31(6)37(34)42-38/h11,13,15-19,40H,8-10,12,14,20-26H2,1-7H3/t38-/m1/s1. The average Bonchev–Trinajstić information content (AvgIpc) is 2.95. The molecule has 0 fully saturated rings. The zero-order chi connectivity index (χ0) is 30.3. The fourth-order valence-corrected chi connectivity index (χ4v) is 6.18. The van der Waals surface area contributed by atoms with Crippen LogP contribution in [0.3, 0.4) is 0 Å². The van der Waals surface area contributed by atoms with Crippen LogP contribution in [0.1, 0.15) is 107 Å². The van der Waals surface area contributed by atoms with Crippen LogP contribution in [0.5, 0.6) is 17.2 Å². The van der Waals surface area contributed by atoms with E-state index in [0.717, 1.165) is 82.4 Å². The molecule has 2 aliphatic rings. The highest BCUT2D eigenvalue weighted by Crippen LogP contribution is 2.46. The molecule has 2 heterocycles. The van der Waals surface area contributed by atoms with Gasteiger partial charge in [0.05, 0.1) is 0 Å². The van der Waals surface area contributed by atoms with Crippen LogP contribution in [0.15, 0.2) is 59.2 Å². The van der Waals surface area contributed by atoms with Gasteiger partial charge in [-0.2, -0.15) is 0 Å². The molecule has 2 aromatic rings. The number of allylic oxidation sites excluding steroid dienone is 6. The third-order valence-corrected chi connectivity index (χ3v) is 9.12. The van der Waals surface area contributed by atoms with Crippen molar-refractivity contribution in [2.45, 2.75) is 118 Å². The molecule has 0 aromatic heterocycles. The largest absolute Gasteiger partial charge is 0.508 e. The monoisotopic (exact) mass is 571 g/mol. The lowest BCUT2D eigenvalue weighted by atomic mass is 9.84. The second-order valence-electron chi connectivity index (χ2n) is 13.2. The summed E-state index contributed by atoms with van der Waals surface area (Å²) in [5.41, 5.74) is 10.6. The fraction of sp³-hybridized carbons (Fsp3) is 0.526. The number of phenolic OH excluding ortho intramolecular Hbond substituents is 1. The summed E-state index contributed by atoms with van der Waals surface area (Å²) in [6.07, 6.45) is 16.8. The predicted octanol–water partition coefficient (Wildman–Crippen LogP) is 9.69. The van der Waals surface area contributed by atoms with Crippen LogP contribution >= 0.6 is 0 Å². The predicted molar refractivity (Wildman–Crippen MR) is 176 cm³/mol. The molecule has 228 valence electrons. The summed E-state index contributed by atoms with van der Waals surface area (Å²) in [4.78, 5) is 2.38. The molecule has 4 rings (SSSR count). The Kier molecular flexibility index (Phi) is 11.0. The molecule has 0 radical (unpaired) electrons. The molecule has 0 saturated heterocycles. The zero-order valence-corrected chi connectivity index (χ0v) is 27.2. The highest BCUT2D eigenvalue weighted by Gasteiger charge is 2.36. The molecule has 0 unspecified atom stereocenters. The van der Waals surface area contributed by atoms with Crippen molar-refractivity contribution in [2.75, 3.05) is 13.3 Å². The minimum Gasteiger partial charge on any atom is -0.508 e. The molecule has 0 aliphatic carbocycles. The molecule has 42 heavy (non-hydrogen) atoms. The minimum absolute atomic E-state index is 0.148. The van der Waals surface area contributed by atoms with E-state index < -0.39 is 0 Å². The number of nitrogens with zero attached hydrogens (tertiary/aromatic N) is 1. The van der Waals surface area contributed by atoms with Crippen molar-refractivity contribution in [1.82, 2.24) is 4.90 Å². The first-order valence-corrected chi connectivity index (χ1v) is 16.0. The second-order valence-corrected chi connectivity index (χ2v) is 13.2. The number of phenols is 1. The first-order valence-electron chi connectivity index (χ1n) is 16.0. The third-order valence-electron chi connectivity index (χ3n) is 9.12. The van der Waals surface area contributed by atoms with E-state index in [1.807, 2.05) is 12.1 Å². The van der Waals surface area contributed by atoms with Crippen molar-refractivity contribution >= 4 is 0 Å². The van der Waals surface area contributed by atoms with E-state index in [9.17, 15) is 5.11 Å². The summed E-state index contributed by atoms with van der Waals surface area (Å²) in [7, 11) is 0. The summed E-state index contributed by atoms with van der Waals surface area (Å²) < 4.78 is 13.2. The molecular weight excluding hydrogens is 518 g/mol. The fourth-order valence-electron chi connectivity index (χ4n) is 6.18. The van der Waals surface area contributed by atoms with Crippen LogP contribution in [0.25, 0.3) is 0 Å². The van der Waals surface area contributed by atoms with Crippen molar-refractivity contribution < 1.29 is 14.6 Å². The Morgan fingerprint density at radius 1 is 0.881 bits per heavy atom. The van der Waals surface area contributed by atoms with E-state index in [1.165, 1.54) is 44.5 Å². The van der Waals surface area contributed by atoms with Gasteiger partial charge < -0.3 is 14.6 Å². The number of hydrogen-bond donors (Lipinski definition) is 1. The Balaban J connectivity index is 1.34. The molecule has 2 aliphatic heterocycles. The number of aromatic hydroxyl groups is 1. The molecule has 1 atom stereocenters. The SMILES string of the molecule is CC(C)=CCCC(C)=CCCC(C)=CCC[C@]1(C)CCc2c3c(c(C)c(C)c2O1)OCN(CCc1ccc(O)cc1)C3. The van der Waals surface area contributed by atoms with Gasteiger partial charge in [0.2, 0.25) is 0 Å². The highest BCUT2D eigenvalue weighted by molar-refractivity contribution is 5.60. The van der Waals surface area contributed by atoms with E-state index >= 15 is 0 Å². The number of hydrogen-bond acceptors (Lipinski definition) is 4. The van der Waals surface area contributed by atoms with Crippen LogP contribution in [-0.2, 0) is 19.4 Å². The average molecular weight is 572 g/mol. The van der Waals surface area contributed by atoms with E-state index in [2.05, 4.69) is 71.6 Å². The van der Waals surface area contributed by atoms with Gasteiger partial charge in [0.15, 0.2) is 0 Å². The maximum Gasteiger partial charge on any atom is 0.142 e. The maximum atomic E-state index is 9.59. The molecule has 2 aromatic carbocycles. The van der Waals surface area contributed by atoms with Gasteiger partial charge >= 0.3 is 0 Å². The van der Waals surface area contributed by atoms with Gasteiger partial charge in [-0.25, -0.2) is 0 Å². The maximum absolute atomic E-state index is 9.59. The molecule has 0 bridgehead atoms. The van der Waals surface area contributed by atoms with Gasteiger partial charge in [-0.3, -0.25) is 4.90 Å². The Hall–Kier alpha value is -2.98. The van der Waals surface area contributed by atoms with Gasteiger partial charge in [-0.05, 0) is 135 Å². The topological polar surface area (TPSA) is 41.9 Å². The second kappa shape index (κ2) is 14.5. The van der Waals surface area contributed by atoms with Crippen LogP contribution in [0, 0.1) is 13.8 Å². The third kappa shape index (κ3) is 8.53. The normalized spacial score (nSPS) is 19.0. The van der Waals surface area contributed by atoms with Crippen LogP contribution in [0.2, 0.25) is 0 Å². The lowest BCUT2D eigenvalue weighted by Gasteiger charge is -2.40. The Morgan fingerprint density at radius 3 is 2.21 bits per heavy atom. The smallest absolute Gasteiger partial charge is 0.142 e. The van der Waals surface area contributed by atoms with Crippen molar-refractivity contribution in [2.24, 2.45) is 0 Å². The lowest BCUT2D eigenvalue weighted by molar-refractivity contribution is 0.0524. The van der Waals surface area contributed by atoms with Crippen molar-refractivity contribution in [1.29, 1.82) is 0 Å². The summed E-state index contributed by atoms with van der Waals surface area (Å²) >= 11 is 0. The van der Waals surface area contributed by atoms with Crippen LogP contribution < -0.4 is 9.47 Å². The Morgan fingerprint density at radius 2 is 1.52 bits per heavy atom. The number of rotatable bonds is 12. The summed E-state index contributed by atoms with van der Waals surface area (Å²) in [5, 5.41) is 9.59. The first kappa shape index (κ1) is 31.9. The van der Waals surface area contributed by atoms with Crippen molar-refractivity contribution in [3.8, 4) is 17.2 Å². The molecule has 1 N–H and O–H groups in total. The summed E-state index contributed by atoms with van der Waals surface area (Å²) in [6.45, 7) is 18.0. The number of fused-ring (bicyclic) bond motifs is 3. The molecule has 4 heteroatoms. The number of ether oxygens (including phenoxy) is 2. The van der Waals surface area contributed by atoms with Crippen molar-refractivity contribution in [3.05, 3.63) is 87.0 Å². The minimum atomic E-state index is -0.148. The van der Waals surface area contributed by atoms with E-state index in [-0.39, 0.29) is 5.60 Å². The van der Waals surface area contributed by atoms with Gasteiger partial charge in [-0.1, -0.05) is 47.1 Å². The molecule has 0 amide bonds. The first-order chi connectivity index (χ1) is 20.0. The van der Waals surface area contributed by atoms with E-state index in [4.69, 9.17) is 9.47 Å².